The third kappa shape index (κ3) is 4.08. The van der Waals surface area contributed by atoms with Gasteiger partial charge in [-0.05, 0) is 13.3 Å². The lowest BCUT2D eigenvalue weighted by Crippen LogP contribution is -2.18. The van der Waals surface area contributed by atoms with E-state index in [0.717, 1.165) is 32.1 Å². The summed E-state index contributed by atoms with van der Waals surface area (Å²) in [5.74, 6) is -1.89. The Hall–Kier alpha value is -1.26. The van der Waals surface area contributed by atoms with Gasteiger partial charge in [-0.1, -0.05) is 12.2 Å². The summed E-state index contributed by atoms with van der Waals surface area (Å²) >= 11 is 0. The Kier molecular flexibility index (Phi) is 4.15. The molecule has 1 aliphatic heterocycles. The Balaban J connectivity index is 2.46. The molecule has 0 spiro atoms. The first-order valence-corrected chi connectivity index (χ1v) is 5.24. The summed E-state index contributed by atoms with van der Waals surface area (Å²) in [5, 5.41) is 5.50. The average molecular weight is 229 g/mol. The fraction of sp³-hybridized carbons (Fsp3) is 0.636. The van der Waals surface area contributed by atoms with Crippen LogP contribution in [0.1, 0.15) is 26.2 Å². The van der Waals surface area contributed by atoms with Crippen LogP contribution in [0.2, 0.25) is 0 Å². The van der Waals surface area contributed by atoms with Gasteiger partial charge >= 0.3 is 0 Å². The van der Waals surface area contributed by atoms with E-state index in [-0.39, 0.29) is 13.0 Å². The van der Waals surface area contributed by atoms with Gasteiger partial charge in [0.05, 0.1) is 6.54 Å². The molecular formula is C11H17F2N3. The zero-order valence-electron chi connectivity index (χ0n) is 9.55. The molecule has 0 aromatic carbocycles. The minimum Gasteiger partial charge on any atom is -0.266 e. The van der Waals surface area contributed by atoms with E-state index < -0.39 is 5.92 Å². The van der Waals surface area contributed by atoms with E-state index in [1.54, 1.807) is 5.01 Å². The molecule has 0 radical (unpaired) electrons. The molecular weight excluding hydrogens is 212 g/mol. The second kappa shape index (κ2) is 5.18. The summed E-state index contributed by atoms with van der Waals surface area (Å²) in [4.78, 5) is 4.24. The molecule has 1 saturated heterocycles. The predicted molar refractivity (Wildman–Crippen MR) is 62.2 cm³/mol. The molecule has 0 unspecified atom stereocenters. The summed E-state index contributed by atoms with van der Waals surface area (Å²) in [6, 6.07) is 0. The summed E-state index contributed by atoms with van der Waals surface area (Å²) in [6.45, 7) is 8.96. The maximum absolute atomic E-state index is 12.7. The van der Waals surface area contributed by atoms with Crippen molar-refractivity contribution in [1.29, 1.82) is 0 Å². The standard InChI is InChI=1S/C11H17F2N3/c1-9(7-11(2,12)13)8-15-10-5-4-6-16(10)14-3/h1,3-8H2,2H3/b15-10-. The first kappa shape index (κ1) is 12.8. The van der Waals surface area contributed by atoms with Crippen molar-refractivity contribution in [2.75, 3.05) is 13.1 Å². The molecule has 0 aromatic heterocycles. The Morgan fingerprint density at radius 3 is 2.81 bits per heavy atom. The van der Waals surface area contributed by atoms with Crippen molar-refractivity contribution in [3.63, 3.8) is 0 Å². The van der Waals surface area contributed by atoms with Gasteiger partial charge in [0, 0.05) is 26.1 Å². The maximum atomic E-state index is 12.7. The van der Waals surface area contributed by atoms with Gasteiger partial charge in [-0.15, -0.1) is 0 Å². The molecule has 5 heteroatoms. The third-order valence-corrected chi connectivity index (χ3v) is 2.28. The van der Waals surface area contributed by atoms with Gasteiger partial charge < -0.3 is 0 Å². The first-order valence-electron chi connectivity index (χ1n) is 5.24. The van der Waals surface area contributed by atoms with Crippen molar-refractivity contribution in [3.05, 3.63) is 12.2 Å². The highest BCUT2D eigenvalue weighted by molar-refractivity contribution is 5.84. The highest BCUT2D eigenvalue weighted by Gasteiger charge is 2.22. The van der Waals surface area contributed by atoms with Crippen LogP contribution in [-0.2, 0) is 0 Å². The lowest BCUT2D eigenvalue weighted by atomic mass is 10.1. The number of rotatable bonds is 5. The normalized spacial score (nSPS) is 19.2. The van der Waals surface area contributed by atoms with E-state index in [2.05, 4.69) is 23.4 Å². The zero-order chi connectivity index (χ0) is 12.2. The van der Waals surface area contributed by atoms with Crippen molar-refractivity contribution < 1.29 is 8.78 Å². The van der Waals surface area contributed by atoms with Gasteiger partial charge in [0.1, 0.15) is 5.84 Å². The lowest BCUT2D eigenvalue weighted by Gasteiger charge is -2.13. The van der Waals surface area contributed by atoms with Crippen molar-refractivity contribution in [3.8, 4) is 0 Å². The average Bonchev–Trinajstić information content (AvgIpc) is 2.59. The van der Waals surface area contributed by atoms with Crippen molar-refractivity contribution in [1.82, 2.24) is 5.01 Å². The number of hydrazone groups is 1. The minimum absolute atomic E-state index is 0.241. The lowest BCUT2D eigenvalue weighted by molar-refractivity contribution is 0.0225. The number of hydrogen-bond acceptors (Lipinski definition) is 2. The largest absolute Gasteiger partial charge is 0.266 e. The van der Waals surface area contributed by atoms with Crippen LogP contribution in [0.15, 0.2) is 22.2 Å². The number of aliphatic imine (C=N–C) groups is 1. The van der Waals surface area contributed by atoms with E-state index in [4.69, 9.17) is 0 Å². The Bertz CT molecular complexity index is 305. The Labute approximate surface area is 94.5 Å². The summed E-state index contributed by atoms with van der Waals surface area (Å²) in [6.07, 6.45) is 1.49. The van der Waals surface area contributed by atoms with E-state index in [9.17, 15) is 8.78 Å². The second-order valence-electron chi connectivity index (χ2n) is 4.10. The van der Waals surface area contributed by atoms with Crippen LogP contribution in [0.25, 0.3) is 0 Å². The molecule has 0 saturated carbocycles. The minimum atomic E-state index is -2.71. The molecule has 0 atom stereocenters. The summed E-state index contributed by atoms with van der Waals surface area (Å²) in [5.41, 5.74) is 0.441. The van der Waals surface area contributed by atoms with Crippen molar-refractivity contribution in [2.24, 2.45) is 10.1 Å². The van der Waals surface area contributed by atoms with E-state index >= 15 is 0 Å². The number of hydrogen-bond donors (Lipinski definition) is 0. The smallest absolute Gasteiger partial charge is 0.249 e. The van der Waals surface area contributed by atoms with E-state index in [0.29, 0.717) is 5.57 Å². The van der Waals surface area contributed by atoms with Crippen LogP contribution >= 0.6 is 0 Å². The molecule has 90 valence electrons. The molecule has 0 amide bonds. The van der Waals surface area contributed by atoms with Gasteiger partial charge in [-0.2, -0.15) is 5.10 Å². The van der Waals surface area contributed by atoms with Crippen LogP contribution in [-0.4, -0.2) is 36.6 Å². The van der Waals surface area contributed by atoms with Crippen LogP contribution in [0.4, 0.5) is 8.78 Å². The first-order chi connectivity index (χ1) is 7.42. The Morgan fingerprint density at radius 1 is 1.56 bits per heavy atom. The van der Waals surface area contributed by atoms with Gasteiger partial charge in [0.15, 0.2) is 0 Å². The van der Waals surface area contributed by atoms with Crippen LogP contribution < -0.4 is 0 Å². The summed E-state index contributed by atoms with van der Waals surface area (Å²) < 4.78 is 25.3. The fourth-order valence-corrected chi connectivity index (χ4v) is 1.66. The molecule has 3 nitrogen and oxygen atoms in total. The molecule has 1 heterocycles. The molecule has 1 fully saturated rings. The van der Waals surface area contributed by atoms with Crippen LogP contribution in [0.3, 0.4) is 0 Å². The summed E-state index contributed by atoms with van der Waals surface area (Å²) in [7, 11) is 0. The quantitative estimate of drug-likeness (QED) is 0.526. The molecule has 0 aliphatic carbocycles. The highest BCUT2D eigenvalue weighted by atomic mass is 19.3. The van der Waals surface area contributed by atoms with Crippen molar-refractivity contribution in [2.45, 2.75) is 32.1 Å². The monoisotopic (exact) mass is 229 g/mol. The van der Waals surface area contributed by atoms with Crippen molar-refractivity contribution >= 4 is 12.6 Å². The van der Waals surface area contributed by atoms with Crippen LogP contribution in [0.5, 0.6) is 0 Å². The Morgan fingerprint density at radius 2 is 2.25 bits per heavy atom. The zero-order valence-corrected chi connectivity index (χ0v) is 9.55. The molecule has 1 rings (SSSR count). The number of amidine groups is 1. The molecule has 1 aliphatic rings. The molecule has 0 bridgehead atoms. The van der Waals surface area contributed by atoms with E-state index in [1.807, 2.05) is 0 Å². The van der Waals surface area contributed by atoms with Gasteiger partial charge in [-0.3, -0.25) is 10.0 Å². The number of halogens is 2. The van der Waals surface area contributed by atoms with Gasteiger partial charge in [0.25, 0.3) is 0 Å². The number of nitrogens with zero attached hydrogens (tertiary/aromatic N) is 3. The molecule has 0 N–H and O–H groups in total. The van der Waals surface area contributed by atoms with Crippen LogP contribution in [0, 0.1) is 0 Å². The predicted octanol–water partition coefficient (Wildman–Crippen LogP) is 2.70. The SMILES string of the molecule is C=NN1CCC/C1=N/CC(=C)CC(C)(F)F. The van der Waals surface area contributed by atoms with Gasteiger partial charge in [0.2, 0.25) is 5.92 Å². The second-order valence-corrected chi connectivity index (χ2v) is 4.10. The highest BCUT2D eigenvalue weighted by Crippen LogP contribution is 2.21. The van der Waals surface area contributed by atoms with Gasteiger partial charge in [-0.25, -0.2) is 8.78 Å². The topological polar surface area (TPSA) is 28.0 Å². The molecule has 0 aromatic rings. The van der Waals surface area contributed by atoms with E-state index in [1.165, 1.54) is 0 Å². The maximum Gasteiger partial charge on any atom is 0.249 e. The molecule has 16 heavy (non-hydrogen) atoms. The third-order valence-electron chi connectivity index (χ3n) is 2.28. The fourth-order valence-electron chi connectivity index (χ4n) is 1.66. The number of alkyl halides is 2.